The summed E-state index contributed by atoms with van der Waals surface area (Å²) in [6.45, 7) is 1.87. The molecule has 102 valence electrons. The van der Waals surface area contributed by atoms with Crippen LogP contribution in [0.2, 0.25) is 0 Å². The predicted octanol–water partition coefficient (Wildman–Crippen LogP) is 3.58. The summed E-state index contributed by atoms with van der Waals surface area (Å²) in [5, 5.41) is 0. The maximum absolute atomic E-state index is 11.9. The van der Waals surface area contributed by atoms with Crippen LogP contribution in [0, 0.1) is 0 Å². The summed E-state index contributed by atoms with van der Waals surface area (Å²) in [5.41, 5.74) is 0.351. The molecule has 0 amide bonds. The van der Waals surface area contributed by atoms with E-state index in [2.05, 4.69) is 0 Å². The molecule has 0 aromatic heterocycles. The van der Waals surface area contributed by atoms with E-state index in [1.54, 1.807) is 25.1 Å². The number of ketones is 1. The van der Waals surface area contributed by atoms with Gasteiger partial charge in [0.1, 0.15) is 0 Å². The van der Waals surface area contributed by atoms with Gasteiger partial charge in [-0.3, -0.25) is 4.79 Å². The fourth-order valence-electron chi connectivity index (χ4n) is 1.64. The Hall–Kier alpha value is -2.07. The van der Waals surface area contributed by atoms with Crippen molar-refractivity contribution >= 4 is 23.5 Å². The van der Waals surface area contributed by atoms with Crippen LogP contribution in [-0.4, -0.2) is 18.4 Å². The van der Waals surface area contributed by atoms with Crippen molar-refractivity contribution in [3.05, 3.63) is 60.2 Å². The van der Waals surface area contributed by atoms with Crippen LogP contribution < -0.4 is 0 Å². The van der Waals surface area contributed by atoms with Gasteiger partial charge in [-0.15, -0.1) is 0 Å². The Kier molecular flexibility index (Phi) is 4.96. The molecule has 0 atom stereocenters. The molecule has 0 heterocycles. The summed E-state index contributed by atoms with van der Waals surface area (Å²) in [4.78, 5) is 25.3. The molecule has 4 heteroatoms. The third kappa shape index (κ3) is 3.71. The van der Waals surface area contributed by atoms with Crippen LogP contribution in [-0.2, 0) is 9.53 Å². The van der Waals surface area contributed by atoms with Gasteiger partial charge in [0.05, 0.1) is 6.61 Å². The number of benzene rings is 2. The van der Waals surface area contributed by atoms with Gasteiger partial charge in [-0.25, -0.2) is 4.79 Å². The molecule has 0 fully saturated rings. The number of carbonyl (C=O) groups is 2. The Balaban J connectivity index is 2.16. The molecule has 3 nitrogen and oxygen atoms in total. The summed E-state index contributed by atoms with van der Waals surface area (Å²) in [6, 6.07) is 16.8. The lowest BCUT2D eigenvalue weighted by Crippen LogP contribution is -2.17. The van der Waals surface area contributed by atoms with Crippen LogP contribution in [0.3, 0.4) is 0 Å². The molecule has 0 unspecified atom stereocenters. The first-order valence-corrected chi connectivity index (χ1v) is 7.06. The maximum atomic E-state index is 11.9. The second-order valence-corrected chi connectivity index (χ2v) is 5.14. The molecule has 0 bridgehead atoms. The second kappa shape index (κ2) is 6.91. The minimum Gasteiger partial charge on any atom is -0.460 e. The summed E-state index contributed by atoms with van der Waals surface area (Å²) in [5.74, 6) is -1.42. The fraction of sp³-hybridized carbons (Fsp3) is 0.125. The molecule has 0 aliphatic carbocycles. The van der Waals surface area contributed by atoms with E-state index in [0.29, 0.717) is 5.56 Å². The third-order valence-corrected chi connectivity index (χ3v) is 3.53. The van der Waals surface area contributed by atoms with Crippen molar-refractivity contribution in [2.75, 3.05) is 6.61 Å². The number of hydrogen-bond acceptors (Lipinski definition) is 4. The van der Waals surface area contributed by atoms with Crippen molar-refractivity contribution in [1.82, 2.24) is 0 Å². The van der Waals surface area contributed by atoms with Crippen LogP contribution in [0.25, 0.3) is 0 Å². The van der Waals surface area contributed by atoms with Gasteiger partial charge >= 0.3 is 5.97 Å². The van der Waals surface area contributed by atoms with E-state index in [-0.39, 0.29) is 6.61 Å². The summed E-state index contributed by atoms with van der Waals surface area (Å²) in [7, 11) is 0. The van der Waals surface area contributed by atoms with E-state index in [9.17, 15) is 9.59 Å². The monoisotopic (exact) mass is 286 g/mol. The molecule has 0 N–H and O–H groups in total. The summed E-state index contributed by atoms with van der Waals surface area (Å²) >= 11 is 1.54. The van der Waals surface area contributed by atoms with E-state index in [4.69, 9.17) is 4.74 Å². The Bertz CT molecular complexity index is 608. The van der Waals surface area contributed by atoms with Gasteiger partial charge in [0.15, 0.2) is 0 Å². The van der Waals surface area contributed by atoms with Crippen LogP contribution in [0.1, 0.15) is 17.3 Å². The average Bonchev–Trinajstić information content (AvgIpc) is 2.48. The van der Waals surface area contributed by atoms with Crippen molar-refractivity contribution in [3.63, 3.8) is 0 Å². The number of carbonyl (C=O) groups excluding carboxylic acids is 2. The van der Waals surface area contributed by atoms with E-state index in [1.807, 2.05) is 36.4 Å². The molecular formula is C16H14O3S. The molecule has 20 heavy (non-hydrogen) atoms. The zero-order valence-electron chi connectivity index (χ0n) is 11.0. The lowest BCUT2D eigenvalue weighted by atomic mass is 10.1. The van der Waals surface area contributed by atoms with Crippen molar-refractivity contribution in [1.29, 1.82) is 0 Å². The number of ether oxygens (including phenoxy) is 1. The highest BCUT2D eigenvalue weighted by Crippen LogP contribution is 2.27. The largest absolute Gasteiger partial charge is 0.460 e. The van der Waals surface area contributed by atoms with Gasteiger partial charge in [-0.1, -0.05) is 42.1 Å². The highest BCUT2D eigenvalue weighted by Gasteiger charge is 2.17. The second-order valence-electron chi connectivity index (χ2n) is 3.99. The van der Waals surface area contributed by atoms with Crippen LogP contribution in [0.4, 0.5) is 0 Å². The molecule has 0 saturated carbocycles. The maximum Gasteiger partial charge on any atom is 0.379 e. The molecule has 0 saturated heterocycles. The molecule has 2 rings (SSSR count). The van der Waals surface area contributed by atoms with E-state index < -0.39 is 11.8 Å². The Morgan fingerprint density at radius 2 is 1.70 bits per heavy atom. The Labute approximate surface area is 122 Å². The minimum atomic E-state index is -0.811. The standard InChI is InChI=1S/C16H14O3S/c1-2-19-16(18)15(17)12-7-6-10-14(11-12)20-13-8-4-3-5-9-13/h3-11H,2H2,1H3. The van der Waals surface area contributed by atoms with E-state index in [0.717, 1.165) is 9.79 Å². The van der Waals surface area contributed by atoms with Gasteiger partial charge in [0.25, 0.3) is 5.78 Å². The molecular weight excluding hydrogens is 272 g/mol. The lowest BCUT2D eigenvalue weighted by molar-refractivity contribution is -0.137. The van der Waals surface area contributed by atoms with Gasteiger partial charge in [-0.2, -0.15) is 0 Å². The van der Waals surface area contributed by atoms with Gasteiger partial charge in [-0.05, 0) is 31.2 Å². The summed E-state index contributed by atoms with van der Waals surface area (Å²) in [6.07, 6.45) is 0. The Morgan fingerprint density at radius 3 is 2.40 bits per heavy atom. The first kappa shape index (κ1) is 14.3. The number of Topliss-reactive ketones (excluding diaryl/α,β-unsaturated/α-hetero) is 1. The minimum absolute atomic E-state index is 0.197. The Morgan fingerprint density at radius 1 is 1.00 bits per heavy atom. The van der Waals surface area contributed by atoms with Crippen molar-refractivity contribution < 1.29 is 14.3 Å². The highest BCUT2D eigenvalue weighted by molar-refractivity contribution is 7.99. The molecule has 0 aliphatic rings. The number of hydrogen-bond donors (Lipinski definition) is 0. The van der Waals surface area contributed by atoms with E-state index >= 15 is 0 Å². The molecule has 0 radical (unpaired) electrons. The quantitative estimate of drug-likeness (QED) is 0.478. The molecule has 0 spiro atoms. The lowest BCUT2D eigenvalue weighted by Gasteiger charge is -2.04. The van der Waals surface area contributed by atoms with E-state index in [1.165, 1.54) is 11.8 Å². The average molecular weight is 286 g/mol. The van der Waals surface area contributed by atoms with Gasteiger partial charge < -0.3 is 4.74 Å². The van der Waals surface area contributed by atoms with Crippen molar-refractivity contribution in [2.45, 2.75) is 16.7 Å². The fourth-order valence-corrected chi connectivity index (χ4v) is 2.54. The SMILES string of the molecule is CCOC(=O)C(=O)c1cccc(Sc2ccccc2)c1. The third-order valence-electron chi connectivity index (χ3n) is 2.54. The van der Waals surface area contributed by atoms with Gasteiger partial charge in [0, 0.05) is 15.4 Å². The van der Waals surface area contributed by atoms with Crippen LogP contribution in [0.15, 0.2) is 64.4 Å². The molecule has 2 aromatic carbocycles. The number of rotatable bonds is 5. The topological polar surface area (TPSA) is 43.4 Å². The van der Waals surface area contributed by atoms with Crippen LogP contribution >= 0.6 is 11.8 Å². The van der Waals surface area contributed by atoms with Crippen LogP contribution in [0.5, 0.6) is 0 Å². The van der Waals surface area contributed by atoms with Crippen molar-refractivity contribution in [3.8, 4) is 0 Å². The summed E-state index contributed by atoms with van der Waals surface area (Å²) < 4.78 is 4.72. The van der Waals surface area contributed by atoms with Crippen molar-refractivity contribution in [2.24, 2.45) is 0 Å². The molecule has 0 aliphatic heterocycles. The first-order chi connectivity index (χ1) is 9.70. The number of esters is 1. The zero-order chi connectivity index (χ0) is 14.4. The normalized spacial score (nSPS) is 10.1. The molecule has 2 aromatic rings. The highest BCUT2D eigenvalue weighted by atomic mass is 32.2. The first-order valence-electron chi connectivity index (χ1n) is 6.25. The van der Waals surface area contributed by atoms with Gasteiger partial charge in [0.2, 0.25) is 0 Å². The zero-order valence-corrected chi connectivity index (χ0v) is 11.9. The smallest absolute Gasteiger partial charge is 0.379 e. The predicted molar refractivity (Wildman–Crippen MR) is 78.0 cm³/mol.